The van der Waals surface area contributed by atoms with Crippen LogP contribution in [0.1, 0.15) is 18.4 Å². The number of anilines is 1. The van der Waals surface area contributed by atoms with Gasteiger partial charge in [-0.15, -0.1) is 0 Å². The van der Waals surface area contributed by atoms with Crippen LogP contribution in [0.25, 0.3) is 11.1 Å². The summed E-state index contributed by atoms with van der Waals surface area (Å²) < 4.78 is 15.3. The van der Waals surface area contributed by atoms with Gasteiger partial charge in [0.2, 0.25) is 0 Å². The molecule has 0 radical (unpaired) electrons. The molecule has 3 rings (SSSR count). The number of halogens is 1. The summed E-state index contributed by atoms with van der Waals surface area (Å²) in [5.41, 5.74) is 8.64. The number of hydrogen-bond acceptors (Lipinski definition) is 2. The average molecular weight is 245 g/mol. The molecule has 1 aliphatic carbocycles. The molecule has 1 heterocycles. The zero-order chi connectivity index (χ0) is 12.7. The van der Waals surface area contributed by atoms with E-state index in [9.17, 15) is 4.39 Å². The molecule has 0 atom stereocenters. The fourth-order valence-corrected chi connectivity index (χ4v) is 2.17. The van der Waals surface area contributed by atoms with Crippen molar-refractivity contribution in [3.8, 4) is 11.1 Å². The molecule has 1 saturated carbocycles. The minimum atomic E-state index is -0.360. The van der Waals surface area contributed by atoms with E-state index < -0.39 is 0 Å². The van der Waals surface area contributed by atoms with Gasteiger partial charge in [0.15, 0.2) is 0 Å². The van der Waals surface area contributed by atoms with E-state index in [1.165, 1.54) is 18.9 Å². The normalized spacial score (nSPS) is 15.0. The monoisotopic (exact) mass is 245 g/mol. The lowest BCUT2D eigenvalue weighted by Crippen LogP contribution is -1.99. The lowest BCUT2D eigenvalue weighted by Gasteiger charge is -2.05. The van der Waals surface area contributed by atoms with Crippen LogP contribution in [0.15, 0.2) is 24.5 Å². The van der Waals surface area contributed by atoms with E-state index in [1.54, 1.807) is 6.07 Å². The summed E-state index contributed by atoms with van der Waals surface area (Å²) in [4.78, 5) is 0. The fourth-order valence-electron chi connectivity index (χ4n) is 2.17. The van der Waals surface area contributed by atoms with Crippen LogP contribution in [0.5, 0.6) is 0 Å². The quantitative estimate of drug-likeness (QED) is 0.845. The fraction of sp³-hybridized carbons (Fsp3) is 0.357. The van der Waals surface area contributed by atoms with E-state index >= 15 is 0 Å². The Kier molecular flexibility index (Phi) is 2.58. The van der Waals surface area contributed by atoms with Crippen molar-refractivity contribution < 1.29 is 4.39 Å². The predicted molar refractivity (Wildman–Crippen MR) is 69.5 cm³/mol. The van der Waals surface area contributed by atoms with Crippen molar-refractivity contribution in [3.63, 3.8) is 0 Å². The second kappa shape index (κ2) is 4.12. The Labute approximate surface area is 105 Å². The first kappa shape index (κ1) is 11.3. The van der Waals surface area contributed by atoms with Gasteiger partial charge in [-0.05, 0) is 48.9 Å². The smallest absolute Gasteiger partial charge is 0.146 e. The summed E-state index contributed by atoms with van der Waals surface area (Å²) in [6.07, 6.45) is 6.44. The lowest BCUT2D eigenvalue weighted by atomic mass is 10.0. The summed E-state index contributed by atoms with van der Waals surface area (Å²) >= 11 is 0. The molecule has 0 bridgehead atoms. The van der Waals surface area contributed by atoms with Crippen LogP contribution in [0.4, 0.5) is 10.1 Å². The Morgan fingerprint density at radius 3 is 2.94 bits per heavy atom. The van der Waals surface area contributed by atoms with E-state index in [1.807, 2.05) is 24.0 Å². The van der Waals surface area contributed by atoms with Gasteiger partial charge in [-0.3, -0.25) is 4.68 Å². The third-order valence-electron chi connectivity index (χ3n) is 3.43. The minimum Gasteiger partial charge on any atom is -0.396 e. The van der Waals surface area contributed by atoms with Crippen LogP contribution < -0.4 is 5.73 Å². The van der Waals surface area contributed by atoms with Gasteiger partial charge in [0.25, 0.3) is 0 Å². The number of aryl methyl sites for hydroxylation is 1. The van der Waals surface area contributed by atoms with Gasteiger partial charge in [-0.2, -0.15) is 5.10 Å². The first-order chi connectivity index (χ1) is 8.63. The molecule has 18 heavy (non-hydrogen) atoms. The average Bonchev–Trinajstić information content (AvgIpc) is 3.01. The van der Waals surface area contributed by atoms with Crippen LogP contribution in [-0.4, -0.2) is 9.78 Å². The molecular weight excluding hydrogens is 229 g/mol. The van der Waals surface area contributed by atoms with Crippen molar-refractivity contribution >= 4 is 5.69 Å². The Morgan fingerprint density at radius 2 is 2.22 bits per heavy atom. The zero-order valence-corrected chi connectivity index (χ0v) is 10.4. The number of nitrogens with zero attached hydrogens (tertiary/aromatic N) is 2. The first-order valence-electron chi connectivity index (χ1n) is 6.22. The van der Waals surface area contributed by atoms with Crippen molar-refractivity contribution in [2.24, 2.45) is 5.92 Å². The molecule has 4 heteroatoms. The van der Waals surface area contributed by atoms with Crippen molar-refractivity contribution in [1.29, 1.82) is 0 Å². The second-order valence-electron chi connectivity index (χ2n) is 5.08. The lowest BCUT2D eigenvalue weighted by molar-refractivity contribution is 0.563. The van der Waals surface area contributed by atoms with E-state index in [2.05, 4.69) is 5.10 Å². The van der Waals surface area contributed by atoms with Gasteiger partial charge in [0.1, 0.15) is 5.82 Å². The highest BCUT2D eigenvalue weighted by Gasteiger charge is 2.22. The van der Waals surface area contributed by atoms with Gasteiger partial charge in [-0.25, -0.2) is 4.39 Å². The number of nitrogen functional groups attached to an aromatic ring is 1. The van der Waals surface area contributed by atoms with Gasteiger partial charge in [0.05, 0.1) is 11.9 Å². The second-order valence-corrected chi connectivity index (χ2v) is 5.08. The third-order valence-corrected chi connectivity index (χ3v) is 3.43. The van der Waals surface area contributed by atoms with Crippen molar-refractivity contribution in [2.75, 3.05) is 5.73 Å². The summed E-state index contributed by atoms with van der Waals surface area (Å²) in [6, 6.07) is 3.16. The van der Waals surface area contributed by atoms with Crippen LogP contribution in [0.2, 0.25) is 0 Å². The maximum atomic E-state index is 13.3. The summed E-state index contributed by atoms with van der Waals surface area (Å²) in [5.74, 6) is 0.429. The van der Waals surface area contributed by atoms with Crippen LogP contribution >= 0.6 is 0 Å². The van der Waals surface area contributed by atoms with Gasteiger partial charge in [0, 0.05) is 18.3 Å². The van der Waals surface area contributed by atoms with E-state index in [-0.39, 0.29) is 11.5 Å². The van der Waals surface area contributed by atoms with E-state index in [0.29, 0.717) is 0 Å². The highest BCUT2D eigenvalue weighted by Crippen LogP contribution is 2.31. The number of aromatic nitrogens is 2. The minimum absolute atomic E-state index is 0.186. The van der Waals surface area contributed by atoms with E-state index in [4.69, 9.17) is 5.73 Å². The highest BCUT2D eigenvalue weighted by atomic mass is 19.1. The molecule has 3 nitrogen and oxygen atoms in total. The molecule has 1 aliphatic rings. The number of rotatable bonds is 3. The Morgan fingerprint density at radius 1 is 1.44 bits per heavy atom. The topological polar surface area (TPSA) is 43.8 Å². The maximum absolute atomic E-state index is 13.3. The molecule has 0 unspecified atom stereocenters. The molecule has 1 aromatic carbocycles. The van der Waals surface area contributed by atoms with Crippen molar-refractivity contribution in [1.82, 2.24) is 9.78 Å². The Hall–Kier alpha value is -1.84. The molecule has 0 amide bonds. The molecule has 0 spiro atoms. The Bertz CT molecular complexity index is 585. The molecule has 1 fully saturated rings. The van der Waals surface area contributed by atoms with Crippen molar-refractivity contribution in [3.05, 3.63) is 35.9 Å². The van der Waals surface area contributed by atoms with Gasteiger partial charge < -0.3 is 5.73 Å². The summed E-state index contributed by atoms with van der Waals surface area (Å²) in [7, 11) is 0. The summed E-state index contributed by atoms with van der Waals surface area (Å²) in [5, 5.41) is 4.35. The number of benzene rings is 1. The van der Waals surface area contributed by atoms with Gasteiger partial charge in [-0.1, -0.05) is 0 Å². The van der Waals surface area contributed by atoms with Crippen molar-refractivity contribution in [2.45, 2.75) is 26.3 Å². The summed E-state index contributed by atoms with van der Waals surface area (Å²) in [6.45, 7) is 2.87. The highest BCUT2D eigenvalue weighted by molar-refractivity contribution is 5.70. The molecule has 2 aromatic rings. The zero-order valence-electron chi connectivity index (χ0n) is 10.4. The third kappa shape index (κ3) is 2.10. The Balaban J connectivity index is 1.93. The van der Waals surface area contributed by atoms with Crippen LogP contribution in [0.3, 0.4) is 0 Å². The largest absolute Gasteiger partial charge is 0.396 e. The molecule has 1 aromatic heterocycles. The standard InChI is InChI=1S/C14H16FN3/c1-9-4-13(15)14(16)5-12(9)11-6-17-18(8-11)7-10-2-3-10/h4-6,8,10H,2-3,7,16H2,1H3. The maximum Gasteiger partial charge on any atom is 0.146 e. The first-order valence-corrected chi connectivity index (χ1v) is 6.22. The molecule has 2 N–H and O–H groups in total. The van der Waals surface area contributed by atoms with Crippen LogP contribution in [-0.2, 0) is 6.54 Å². The molecule has 94 valence electrons. The molecular formula is C14H16FN3. The predicted octanol–water partition coefficient (Wildman–Crippen LogP) is 2.99. The molecule has 0 aliphatic heterocycles. The SMILES string of the molecule is Cc1cc(F)c(N)cc1-c1cnn(CC2CC2)c1. The number of nitrogens with two attached hydrogens (primary N) is 1. The van der Waals surface area contributed by atoms with Gasteiger partial charge >= 0.3 is 0 Å². The van der Waals surface area contributed by atoms with E-state index in [0.717, 1.165) is 29.2 Å². The molecule has 0 saturated heterocycles. The van der Waals surface area contributed by atoms with Crippen LogP contribution in [0, 0.1) is 18.7 Å². The number of hydrogen-bond donors (Lipinski definition) is 1.